The molecule has 78 heavy (non-hydrogen) atoms. The van der Waals surface area contributed by atoms with Crippen LogP contribution in [0.2, 0.25) is 15.1 Å². The van der Waals surface area contributed by atoms with Gasteiger partial charge >= 0.3 is 378 Å². The van der Waals surface area contributed by atoms with Gasteiger partial charge in [0.2, 0.25) is 0 Å². The standard InChI is InChI=1S/C20H27ClFO.C20H21ClFO.C20H15ClFO.9Rb/c3*1-14-5-9-16(10-6-14)17-11-7-15(8-12-17)13-23-19-4-2-3-18(22)20(19)21;;;;;;;;;/h2,4,14-17H,5-13H2,1H3;2,4,7-8,11-12,14,16H,5-6,9-10,13H2,1H3;2,4-12H,13H2,1H3;;;;;;;;;/q3*-1;;;;;;;3*+1. The molecule has 0 unspecified atom stereocenters. The van der Waals surface area contributed by atoms with Gasteiger partial charge in [-0.15, -0.1) is 36.4 Å². The number of rotatable bonds is 12. The quantitative estimate of drug-likeness (QED) is 0.124. The van der Waals surface area contributed by atoms with Gasteiger partial charge in [0.05, 0.1) is 6.61 Å². The van der Waals surface area contributed by atoms with E-state index in [0.29, 0.717) is 48.9 Å². The second-order valence-electron chi connectivity index (χ2n) is 19.4. The van der Waals surface area contributed by atoms with Crippen LogP contribution in [-0.2, 0) is 13.2 Å². The Morgan fingerprint density at radius 3 is 1.18 bits per heavy atom. The normalized spacial score (nSPS) is 19.0. The van der Waals surface area contributed by atoms with Crippen molar-refractivity contribution >= 4 is 238 Å². The van der Waals surface area contributed by atoms with Crippen LogP contribution in [0, 0.1) is 72.2 Å². The summed E-state index contributed by atoms with van der Waals surface area (Å²) >= 11 is 24.6. The second-order valence-corrected chi connectivity index (χ2v) is 20.5. The van der Waals surface area contributed by atoms with Crippen molar-refractivity contribution in [3.63, 3.8) is 0 Å². The van der Waals surface area contributed by atoms with Gasteiger partial charge in [-0.1, -0.05) is 118 Å². The SMILES string of the molecule is CC1CCC(C2CCC(COc3cc[c-]c(F)c3Cl)CC2)CC1.CC1CCC(c2ccc(COc3cc[c-]c(F)c3Cl)cc2)CC1.Cc1ccc(-c2ccc(COc3cc[c-]c(F)c3Cl)cc2)cc1.[Rb+].[Rb+].[Rb+].[Rb][Rb].[Rb][Rb].[Rb][Rb]. The van der Waals surface area contributed by atoms with E-state index in [0.717, 1.165) is 243 Å². The van der Waals surface area contributed by atoms with Gasteiger partial charge in [-0.05, 0) is 122 Å². The van der Waals surface area contributed by atoms with E-state index in [4.69, 9.17) is 49.0 Å². The zero-order valence-corrected chi connectivity index (χ0v) is 95.5. The van der Waals surface area contributed by atoms with E-state index in [1.807, 2.05) is 24.3 Å². The van der Waals surface area contributed by atoms with Gasteiger partial charge in [-0.25, -0.2) is 13.2 Å². The van der Waals surface area contributed by atoms with Crippen LogP contribution in [0.1, 0.15) is 119 Å². The summed E-state index contributed by atoms with van der Waals surface area (Å²) in [6.45, 7) is 8.16. The molecule has 0 aliphatic heterocycles. The molecule has 0 bridgehead atoms. The first-order valence-electron chi connectivity index (χ1n) is 27.6. The van der Waals surface area contributed by atoms with Crippen molar-refractivity contribution in [1.29, 1.82) is 0 Å². The van der Waals surface area contributed by atoms with Crippen LogP contribution >= 0.6 is 34.8 Å². The third kappa shape index (κ3) is 33.3. The zero-order valence-electron chi connectivity index (χ0n) is 49.0. The predicted octanol–water partition coefficient (Wildman–Crippen LogP) is 7.00. The molecule has 3 fully saturated rings. The summed E-state index contributed by atoms with van der Waals surface area (Å²) in [5.74, 6) is 4.38. The molecule has 0 aromatic heterocycles. The first-order chi connectivity index (χ1) is 36.4. The van der Waals surface area contributed by atoms with Gasteiger partial charge in [-0.2, -0.15) is 53.0 Å². The first kappa shape index (κ1) is 87.6. The maximum absolute atomic E-state index is 13.4. The summed E-state index contributed by atoms with van der Waals surface area (Å²) in [7, 11) is 0. The Balaban J connectivity index is 0.000000547. The molecule has 0 heterocycles. The van der Waals surface area contributed by atoms with Crippen molar-refractivity contribution in [3.8, 4) is 28.4 Å². The Kier molecular flexibility index (Phi) is 59.2. The number of halogens is 6. The van der Waals surface area contributed by atoms with E-state index in [-0.39, 0.29) is 190 Å². The molecule has 6 aromatic rings. The molecule has 3 aliphatic carbocycles. The molecular formula is C60H63Cl3F3O3Rb9. The van der Waals surface area contributed by atoms with Crippen molar-refractivity contribution in [2.24, 2.45) is 29.6 Å². The Bertz CT molecular complexity index is 2530. The number of benzene rings is 6. The zero-order chi connectivity index (χ0) is 54.7. The fourth-order valence-corrected chi connectivity index (χ4v) is 10.3. The van der Waals surface area contributed by atoms with Crippen molar-refractivity contribution in [3.05, 3.63) is 182 Å². The fraction of sp³-hybridized carbons (Fsp3) is 0.400. The molecule has 3 saturated carbocycles. The molecule has 3 aliphatic rings. The maximum atomic E-state index is 13.4. The molecule has 6 aromatic carbocycles. The summed E-state index contributed by atoms with van der Waals surface area (Å²) in [5, 5.41) is 0.00160. The second kappa shape index (κ2) is 52.7. The minimum atomic E-state index is -0.598. The van der Waals surface area contributed by atoms with Crippen LogP contribution in [0.25, 0.3) is 11.1 Å². The van der Waals surface area contributed by atoms with E-state index < -0.39 is 17.5 Å². The van der Waals surface area contributed by atoms with Crippen LogP contribution < -0.4 is 189 Å². The average molecular weight is 1760 g/mol. The molecule has 9 rings (SSSR count). The van der Waals surface area contributed by atoms with E-state index in [1.165, 1.54) is 112 Å². The van der Waals surface area contributed by atoms with Gasteiger partial charge in [0.1, 0.15) is 13.2 Å². The Morgan fingerprint density at radius 2 is 0.782 bits per heavy atom. The summed E-state index contributed by atoms with van der Waals surface area (Å²) in [5.41, 5.74) is 7.02. The van der Waals surface area contributed by atoms with Crippen LogP contribution in [-0.4, -0.2) is 210 Å². The van der Waals surface area contributed by atoms with E-state index in [9.17, 15) is 13.2 Å². The summed E-state index contributed by atoms with van der Waals surface area (Å²) < 4.78 is 56.9. The Morgan fingerprint density at radius 1 is 0.449 bits per heavy atom. The van der Waals surface area contributed by atoms with Crippen molar-refractivity contribution < 1.29 is 202 Å². The van der Waals surface area contributed by atoms with Crippen LogP contribution in [0.3, 0.4) is 0 Å². The number of hydrogen-bond donors (Lipinski definition) is 0. The summed E-state index contributed by atoms with van der Waals surface area (Å²) in [6.07, 6.45) is 16.0. The molecule has 0 spiro atoms. The van der Waals surface area contributed by atoms with E-state index >= 15 is 0 Å². The predicted molar refractivity (Wildman–Crippen MR) is 309 cm³/mol. The fourth-order valence-electron chi connectivity index (χ4n) is 9.77. The van der Waals surface area contributed by atoms with Gasteiger partial charge in [0.25, 0.3) is 0 Å². The van der Waals surface area contributed by atoms with Gasteiger partial charge in [-0.3, -0.25) is 0 Å². The van der Waals surface area contributed by atoms with Gasteiger partial charge < -0.3 is 14.2 Å². The molecule has 0 atom stereocenters. The van der Waals surface area contributed by atoms with Gasteiger partial charge in [0.15, 0.2) is 0 Å². The Hall–Kier alpha value is 11.6. The Labute approximate surface area is 775 Å². The summed E-state index contributed by atoms with van der Waals surface area (Å²) in [6, 6.07) is 41.7. The molecule has 3 nitrogen and oxygen atoms in total. The molecular weight excluding hydrogens is 1700 g/mol. The van der Waals surface area contributed by atoms with Crippen molar-refractivity contribution in [2.45, 2.75) is 117 Å². The minimum absolute atomic E-state index is 0. The van der Waals surface area contributed by atoms with E-state index in [2.05, 4.69) is 87.5 Å². The molecule has 0 amide bonds. The number of aryl methyl sites for hydroxylation is 1. The third-order valence-corrected chi connectivity index (χ3v) is 15.3. The molecule has 18 heteroatoms. The van der Waals surface area contributed by atoms with Crippen LogP contribution in [0.5, 0.6) is 17.2 Å². The van der Waals surface area contributed by atoms with Crippen molar-refractivity contribution in [2.75, 3.05) is 6.61 Å². The molecule has 0 saturated heterocycles. The topological polar surface area (TPSA) is 27.7 Å². The van der Waals surface area contributed by atoms with Crippen LogP contribution in [0.4, 0.5) is 13.2 Å². The van der Waals surface area contributed by atoms with Crippen molar-refractivity contribution in [1.82, 2.24) is 0 Å². The van der Waals surface area contributed by atoms with Gasteiger partial charge in [0, 0.05) is 49.8 Å². The van der Waals surface area contributed by atoms with E-state index in [1.54, 1.807) is 18.2 Å². The number of hydrogen-bond acceptors (Lipinski definition) is 3. The molecule has 0 N–H and O–H groups in total. The molecule has 372 valence electrons. The van der Waals surface area contributed by atoms with Crippen LogP contribution in [0.15, 0.2) is 109 Å². The monoisotopic (exact) mass is 1760 g/mol. The first-order valence-corrected chi connectivity index (χ1v) is 131. The average Bonchev–Trinajstić information content (AvgIpc) is 3.45. The number of ether oxygens (including phenoxy) is 3. The summed E-state index contributed by atoms with van der Waals surface area (Å²) in [4.78, 5) is 0. The third-order valence-electron chi connectivity index (χ3n) is 14.2. The molecule has 0 radical (unpaired) electrons.